The summed E-state index contributed by atoms with van der Waals surface area (Å²) < 4.78 is 14.2. The maximum absolute atomic E-state index is 13.0. The molecule has 0 spiro atoms. The van der Waals surface area contributed by atoms with Crippen molar-refractivity contribution in [1.82, 2.24) is 31.5 Å². The van der Waals surface area contributed by atoms with Gasteiger partial charge in [0.2, 0.25) is 0 Å². The summed E-state index contributed by atoms with van der Waals surface area (Å²) in [5, 5.41) is 13.5. The molecule has 61 heavy (non-hydrogen) atoms. The van der Waals surface area contributed by atoms with Crippen molar-refractivity contribution in [3.63, 3.8) is 0 Å². The van der Waals surface area contributed by atoms with E-state index < -0.39 is 30.3 Å². The average molecular weight is 1340 g/mol. The Balaban J connectivity index is -0.0000168. The van der Waals surface area contributed by atoms with Gasteiger partial charge in [-0.3, -0.25) is 0 Å². The number of nitrogens with one attached hydrogen (secondary N) is 5. The van der Waals surface area contributed by atoms with Gasteiger partial charge in [0.15, 0.2) is 0 Å². The molecule has 0 saturated carbocycles. The minimum atomic E-state index is -0.706. The van der Waals surface area contributed by atoms with Gasteiger partial charge in [-0.15, -0.1) is 6.42 Å². The van der Waals surface area contributed by atoms with Crippen LogP contribution < -0.4 is 26.6 Å². The number of imide groups is 1. The van der Waals surface area contributed by atoms with E-state index in [0.29, 0.717) is 52.0 Å². The predicted octanol–water partition coefficient (Wildman–Crippen LogP) is 3.85. The molecule has 0 aliphatic rings. The standard InChI is InChI=1S/C45H50N6O8.2Rf/c1-4-7-8-9-10-11-12-13-14-15-16-17-18-19-26-33-40-59-45(56)50-38-30-23-21-28-35-47-42(53)51(39-32-25-24-31-37-49-44(55)58-6-3)41(52)46-34-27-20-22-29-36-48-43(54)57-5-2;;/h1H,2-3,5-6,20-25,27-32,34-39H2,(H,46,52)(H,47,53)(H,48,54)(H,49,55)(H,50,56);;/q-2;;. The van der Waals surface area contributed by atoms with Crippen molar-refractivity contribution in [3.05, 3.63) is 13.8 Å². The molecule has 0 rings (SSSR count). The largest absolute Gasteiger partial charge is 0.483 e. The van der Waals surface area contributed by atoms with E-state index in [4.69, 9.17) is 20.6 Å². The third kappa shape index (κ3) is 38.7. The van der Waals surface area contributed by atoms with Gasteiger partial charge in [-0.05, 0) is 99.1 Å². The number of urea groups is 2. The molecule has 0 aromatic carbocycles. The zero-order chi connectivity index (χ0) is 43.3. The Hall–Kier alpha value is -9.41. The van der Waals surface area contributed by atoms with E-state index in [9.17, 15) is 24.0 Å². The van der Waals surface area contributed by atoms with E-state index >= 15 is 0 Å². The predicted molar refractivity (Wildman–Crippen MR) is 224 cm³/mol. The number of carbonyl (C=O) groups is 5. The van der Waals surface area contributed by atoms with Crippen LogP contribution in [0.3, 0.4) is 0 Å². The number of carbonyl (C=O) groups excluding carboxylic acids is 5. The molecular weight excluding hydrogens is 1290 g/mol. The van der Waals surface area contributed by atoms with E-state index in [-0.39, 0.29) is 19.8 Å². The summed E-state index contributed by atoms with van der Waals surface area (Å²) in [4.78, 5) is 61.6. The van der Waals surface area contributed by atoms with Gasteiger partial charge >= 0.3 is 30.3 Å². The monoisotopic (exact) mass is 1340 g/mol. The molecule has 0 atom stereocenters. The fourth-order valence-electron chi connectivity index (χ4n) is 4.27. The molecule has 0 bridgehead atoms. The van der Waals surface area contributed by atoms with Gasteiger partial charge in [0.05, 0.1) is 0 Å². The fraction of sp³-hybridized carbons (Fsp3) is 0.444. The van der Waals surface area contributed by atoms with Crippen LogP contribution in [0.15, 0.2) is 0 Å². The van der Waals surface area contributed by atoms with Gasteiger partial charge in [-0.1, -0.05) is 38.5 Å². The molecule has 0 unspecified atom stereocenters. The quantitative estimate of drug-likeness (QED) is 0.0444. The van der Waals surface area contributed by atoms with Crippen LogP contribution in [0.4, 0.5) is 24.0 Å². The zero-order valence-electron chi connectivity index (χ0n) is 34.8. The van der Waals surface area contributed by atoms with Crippen LogP contribution in [0.25, 0.3) is 0 Å². The van der Waals surface area contributed by atoms with Crippen LogP contribution in [0.2, 0.25) is 0 Å². The minimum Gasteiger partial charge on any atom is -0.483 e. The number of nitrogens with zero attached hydrogens (tertiary/aromatic N) is 1. The number of ether oxygens (including phenoxy) is 3. The summed E-state index contributed by atoms with van der Waals surface area (Å²) >= 11 is 0. The molecule has 0 aromatic rings. The SMILES string of the molecule is C#CC#CC#CC#CC#CC#CC#CC#CC#COC(=O)NCCCCCCNC(=O)N(CCCCCCNC(=O)OC[CH2-])C(=O)NCCCCCCNC(=O)OC[CH2-].[Rf].[Rf]. The third-order valence-electron chi connectivity index (χ3n) is 6.97. The summed E-state index contributed by atoms with van der Waals surface area (Å²) in [6, 6.07) is -0.945. The van der Waals surface area contributed by atoms with Crippen molar-refractivity contribution in [2.75, 3.05) is 52.5 Å². The van der Waals surface area contributed by atoms with Crippen LogP contribution in [-0.2, 0) is 14.2 Å². The Bertz CT molecular complexity index is 1910. The number of hydrogen-bond acceptors (Lipinski definition) is 8. The second-order valence-electron chi connectivity index (χ2n) is 11.4. The first-order valence-electron chi connectivity index (χ1n) is 19.0. The van der Waals surface area contributed by atoms with Crippen LogP contribution in [0.5, 0.6) is 0 Å². The van der Waals surface area contributed by atoms with Gasteiger partial charge in [-0.25, -0.2) is 28.9 Å². The first-order chi connectivity index (χ1) is 28.8. The molecule has 14 nitrogen and oxygen atoms in total. The fourth-order valence-corrected chi connectivity index (χ4v) is 4.27. The van der Waals surface area contributed by atoms with Gasteiger partial charge in [0.25, 0.3) is 0 Å². The van der Waals surface area contributed by atoms with Crippen molar-refractivity contribution >= 4 is 30.3 Å². The number of amides is 7. The number of rotatable bonds is 23. The molecule has 0 saturated heterocycles. The normalized spacial score (nSPS) is 8.15. The Kier molecular flexibility index (Phi) is 39.7. The summed E-state index contributed by atoms with van der Waals surface area (Å²) in [6.07, 6.45) is 14.4. The van der Waals surface area contributed by atoms with Crippen LogP contribution >= 0.6 is 0 Å². The van der Waals surface area contributed by atoms with Gasteiger partial charge < -0.3 is 54.6 Å². The van der Waals surface area contributed by atoms with Crippen molar-refractivity contribution < 1.29 is 38.2 Å². The minimum absolute atomic E-state index is 0. The Morgan fingerprint density at radius 3 is 1.10 bits per heavy atom. The smallest absolute Gasteiger partial charge is 0.421 e. The molecular formula is C45H50N6O8Rf2-2. The van der Waals surface area contributed by atoms with Crippen LogP contribution in [0, 0.1) is 121 Å². The van der Waals surface area contributed by atoms with Gasteiger partial charge in [0, 0.05) is 86.6 Å². The molecule has 0 fully saturated rings. The van der Waals surface area contributed by atoms with E-state index in [1.54, 1.807) is 0 Å². The summed E-state index contributed by atoms with van der Waals surface area (Å²) in [5.74, 6) is 38.7. The molecule has 5 N–H and O–H groups in total. The van der Waals surface area contributed by atoms with Gasteiger partial charge in [-0.2, -0.15) is 0 Å². The zero-order valence-corrected chi connectivity index (χ0v) is 47.6. The molecule has 0 aliphatic carbocycles. The van der Waals surface area contributed by atoms with Crippen molar-refractivity contribution in [1.29, 1.82) is 0 Å². The number of terminal acetylenes is 1. The second kappa shape index (κ2) is 43.3. The summed E-state index contributed by atoms with van der Waals surface area (Å²) in [5.41, 5.74) is 0. The van der Waals surface area contributed by atoms with Crippen molar-refractivity contribution in [2.45, 2.75) is 77.0 Å². The number of alkyl carbamates (subject to hydrolysis) is 3. The van der Waals surface area contributed by atoms with E-state index in [1.807, 2.05) is 0 Å². The number of hydrogen-bond donors (Lipinski definition) is 5. The first-order valence-corrected chi connectivity index (χ1v) is 19.0. The number of unbranched alkanes of at least 4 members (excludes halogenated alkanes) is 9. The maximum atomic E-state index is 13.0. The summed E-state index contributed by atoms with van der Waals surface area (Å²) in [6.45, 7) is 9.37. The second-order valence-corrected chi connectivity index (χ2v) is 11.4. The molecule has 16 heteroatoms. The molecule has 0 radical (unpaired) electrons. The van der Waals surface area contributed by atoms with Gasteiger partial charge in [0.1, 0.15) is 6.11 Å². The van der Waals surface area contributed by atoms with Crippen molar-refractivity contribution in [2.24, 2.45) is 0 Å². The molecule has 0 heterocycles. The maximum Gasteiger partial charge on any atom is 0.421 e. The van der Waals surface area contributed by atoms with Crippen LogP contribution in [0.1, 0.15) is 77.0 Å². The molecule has 314 valence electrons. The third-order valence-corrected chi connectivity index (χ3v) is 6.97. The molecule has 0 aliphatic heterocycles. The Labute approximate surface area is 349 Å². The Morgan fingerprint density at radius 2 is 0.738 bits per heavy atom. The van der Waals surface area contributed by atoms with Crippen molar-refractivity contribution in [3.8, 4) is 107 Å². The topological polar surface area (TPSA) is 176 Å². The summed E-state index contributed by atoms with van der Waals surface area (Å²) in [7, 11) is 0. The van der Waals surface area contributed by atoms with E-state index in [1.165, 1.54) is 4.90 Å². The van der Waals surface area contributed by atoms with E-state index in [0.717, 1.165) is 57.8 Å². The average Bonchev–Trinajstić information content (AvgIpc) is 3.22. The van der Waals surface area contributed by atoms with E-state index in [2.05, 4.69) is 141 Å². The molecule has 7 amide bonds. The van der Waals surface area contributed by atoms with Crippen LogP contribution in [-0.4, -0.2) is 87.7 Å². The Morgan fingerprint density at radius 1 is 0.426 bits per heavy atom. The molecule has 0 aromatic heterocycles. The first kappa shape index (κ1) is 55.9.